The predicted octanol–water partition coefficient (Wildman–Crippen LogP) is 1.67. The molecule has 1 unspecified atom stereocenters. The van der Waals surface area contributed by atoms with Crippen LogP contribution in [-0.2, 0) is 9.59 Å². The molecule has 0 spiro atoms. The molecule has 23 heavy (non-hydrogen) atoms. The molecule has 1 aliphatic heterocycles. The fourth-order valence-electron chi connectivity index (χ4n) is 2.39. The molecule has 0 aliphatic carbocycles. The molecule has 1 aromatic rings. The molecule has 8 heteroatoms. The van der Waals surface area contributed by atoms with Crippen LogP contribution >= 0.6 is 0 Å². The summed E-state index contributed by atoms with van der Waals surface area (Å²) in [5.74, 6) is 0.340. The Bertz CT molecular complexity index is 625. The van der Waals surface area contributed by atoms with E-state index in [-0.39, 0.29) is 18.3 Å². The van der Waals surface area contributed by atoms with Crippen LogP contribution in [0.2, 0.25) is 0 Å². The topological polar surface area (TPSA) is 105 Å². The monoisotopic (exact) mass is 322 g/mol. The van der Waals surface area contributed by atoms with Crippen LogP contribution in [0.25, 0.3) is 0 Å². The van der Waals surface area contributed by atoms with Crippen LogP contribution in [0, 0.1) is 12.8 Å². The van der Waals surface area contributed by atoms with E-state index in [2.05, 4.69) is 29.6 Å². The molecule has 0 radical (unpaired) electrons. The molecule has 1 fully saturated rings. The van der Waals surface area contributed by atoms with E-state index in [1.807, 2.05) is 0 Å². The van der Waals surface area contributed by atoms with Gasteiger partial charge in [-0.2, -0.15) is 0 Å². The second-order valence-corrected chi connectivity index (χ2v) is 6.46. The second kappa shape index (κ2) is 6.39. The fourth-order valence-corrected chi connectivity index (χ4v) is 2.39. The molecule has 2 heterocycles. The molecular weight excluding hydrogens is 300 g/mol. The maximum atomic E-state index is 12.5. The predicted molar refractivity (Wildman–Crippen MR) is 82.6 cm³/mol. The Hall–Kier alpha value is -2.38. The second-order valence-electron chi connectivity index (χ2n) is 6.46. The summed E-state index contributed by atoms with van der Waals surface area (Å²) in [6.07, 6.45) is 1.34. The minimum Gasteiger partial charge on any atom is -0.360 e. The van der Waals surface area contributed by atoms with Crippen molar-refractivity contribution in [2.45, 2.75) is 46.1 Å². The van der Waals surface area contributed by atoms with Crippen molar-refractivity contribution in [3.8, 4) is 0 Å². The molecule has 2 N–H and O–H groups in total. The van der Waals surface area contributed by atoms with Crippen LogP contribution in [0.3, 0.4) is 0 Å². The zero-order valence-corrected chi connectivity index (χ0v) is 13.8. The van der Waals surface area contributed by atoms with Crippen molar-refractivity contribution in [1.82, 2.24) is 15.4 Å². The van der Waals surface area contributed by atoms with Crippen LogP contribution in [0.1, 0.15) is 39.4 Å². The molecular formula is C15H22N4O4. The standard InChI is InChI=1S/C15H22N4O4/c1-9(2)5-6-15(4)13(21)19(14(22)17-15)8-12(20)16-11-7-10(3)23-18-11/h7,9H,5-6,8H2,1-4H3,(H,17,22)(H,16,18,20). The number of aryl methyl sites for hydroxylation is 1. The molecule has 0 aromatic carbocycles. The Labute approximate surface area is 134 Å². The molecule has 4 amide bonds. The number of rotatable bonds is 6. The number of anilines is 1. The number of hydrogen-bond acceptors (Lipinski definition) is 5. The SMILES string of the molecule is Cc1cc(NC(=O)CN2C(=O)NC(C)(CCC(C)C)C2=O)no1. The van der Waals surface area contributed by atoms with E-state index < -0.39 is 17.5 Å². The number of aromatic nitrogens is 1. The average molecular weight is 322 g/mol. The Kier molecular flexibility index (Phi) is 4.72. The van der Waals surface area contributed by atoms with Crippen LogP contribution in [-0.4, -0.2) is 40.0 Å². The molecule has 1 atom stereocenters. The summed E-state index contributed by atoms with van der Waals surface area (Å²) >= 11 is 0. The lowest BCUT2D eigenvalue weighted by molar-refractivity contribution is -0.133. The van der Waals surface area contributed by atoms with Gasteiger partial charge in [-0.15, -0.1) is 0 Å². The van der Waals surface area contributed by atoms with Crippen molar-refractivity contribution < 1.29 is 18.9 Å². The van der Waals surface area contributed by atoms with Gasteiger partial charge in [0.05, 0.1) is 0 Å². The summed E-state index contributed by atoms with van der Waals surface area (Å²) in [5.41, 5.74) is -0.952. The number of carbonyl (C=O) groups excluding carboxylic acids is 3. The first kappa shape index (κ1) is 17.0. The van der Waals surface area contributed by atoms with Gasteiger partial charge in [0.2, 0.25) is 5.91 Å². The van der Waals surface area contributed by atoms with Crippen LogP contribution in [0.5, 0.6) is 0 Å². The number of nitrogens with one attached hydrogen (secondary N) is 2. The Balaban J connectivity index is 1.98. The Morgan fingerprint density at radius 1 is 1.48 bits per heavy atom. The quantitative estimate of drug-likeness (QED) is 0.775. The lowest BCUT2D eigenvalue weighted by Gasteiger charge is -2.22. The highest BCUT2D eigenvalue weighted by Crippen LogP contribution is 2.24. The third-order valence-electron chi connectivity index (χ3n) is 3.76. The van der Waals surface area contributed by atoms with Gasteiger partial charge in [-0.3, -0.25) is 14.5 Å². The van der Waals surface area contributed by atoms with E-state index in [0.717, 1.165) is 11.3 Å². The van der Waals surface area contributed by atoms with Crippen molar-refractivity contribution >= 4 is 23.7 Å². The van der Waals surface area contributed by atoms with Crippen molar-refractivity contribution in [3.63, 3.8) is 0 Å². The van der Waals surface area contributed by atoms with Crippen molar-refractivity contribution in [3.05, 3.63) is 11.8 Å². The first-order chi connectivity index (χ1) is 10.7. The molecule has 126 valence electrons. The van der Waals surface area contributed by atoms with Crippen molar-refractivity contribution in [1.29, 1.82) is 0 Å². The Morgan fingerprint density at radius 2 is 2.17 bits per heavy atom. The van der Waals surface area contributed by atoms with Gasteiger partial charge in [0.1, 0.15) is 17.8 Å². The Morgan fingerprint density at radius 3 is 2.74 bits per heavy atom. The number of urea groups is 1. The summed E-state index contributed by atoms with van der Waals surface area (Å²) in [5, 5.41) is 8.81. The molecule has 2 rings (SSSR count). The third-order valence-corrected chi connectivity index (χ3v) is 3.76. The van der Waals surface area contributed by atoms with Crippen LogP contribution in [0.4, 0.5) is 10.6 Å². The number of imide groups is 1. The van der Waals surface area contributed by atoms with Gasteiger partial charge in [0.25, 0.3) is 5.91 Å². The van der Waals surface area contributed by atoms with Gasteiger partial charge >= 0.3 is 6.03 Å². The van der Waals surface area contributed by atoms with Gasteiger partial charge in [0, 0.05) is 6.07 Å². The van der Waals surface area contributed by atoms with E-state index in [1.54, 1.807) is 19.9 Å². The lowest BCUT2D eigenvalue weighted by atomic mass is 9.92. The normalized spacial score (nSPS) is 21.0. The van der Waals surface area contributed by atoms with E-state index >= 15 is 0 Å². The van der Waals surface area contributed by atoms with Gasteiger partial charge in [0.15, 0.2) is 5.82 Å². The highest BCUT2D eigenvalue weighted by molar-refractivity contribution is 6.09. The minimum absolute atomic E-state index is 0.252. The highest BCUT2D eigenvalue weighted by atomic mass is 16.5. The van der Waals surface area contributed by atoms with Gasteiger partial charge in [-0.05, 0) is 32.6 Å². The summed E-state index contributed by atoms with van der Waals surface area (Å²) in [6, 6.07) is 1.00. The maximum Gasteiger partial charge on any atom is 0.325 e. The van der Waals surface area contributed by atoms with Crippen LogP contribution in [0.15, 0.2) is 10.6 Å². The number of carbonyl (C=O) groups is 3. The lowest BCUT2D eigenvalue weighted by Crippen LogP contribution is -2.44. The summed E-state index contributed by atoms with van der Waals surface area (Å²) in [7, 11) is 0. The number of nitrogens with zero attached hydrogens (tertiary/aromatic N) is 2. The van der Waals surface area contributed by atoms with E-state index in [9.17, 15) is 14.4 Å². The third kappa shape index (κ3) is 3.88. The van der Waals surface area contributed by atoms with E-state index in [0.29, 0.717) is 18.1 Å². The zero-order chi connectivity index (χ0) is 17.2. The molecule has 8 nitrogen and oxygen atoms in total. The van der Waals surface area contributed by atoms with Gasteiger partial charge in [-0.1, -0.05) is 19.0 Å². The average Bonchev–Trinajstić information content (AvgIpc) is 2.94. The molecule has 0 bridgehead atoms. The van der Waals surface area contributed by atoms with Gasteiger partial charge < -0.3 is 15.2 Å². The van der Waals surface area contributed by atoms with Crippen LogP contribution < -0.4 is 10.6 Å². The summed E-state index contributed by atoms with van der Waals surface area (Å²) in [6.45, 7) is 7.13. The summed E-state index contributed by atoms with van der Waals surface area (Å²) in [4.78, 5) is 37.4. The van der Waals surface area contributed by atoms with Crippen molar-refractivity contribution in [2.75, 3.05) is 11.9 Å². The fraction of sp³-hybridized carbons (Fsp3) is 0.600. The van der Waals surface area contributed by atoms with Crippen molar-refractivity contribution in [2.24, 2.45) is 5.92 Å². The maximum absolute atomic E-state index is 12.5. The smallest absolute Gasteiger partial charge is 0.325 e. The minimum atomic E-state index is -0.952. The first-order valence-corrected chi connectivity index (χ1v) is 7.58. The highest BCUT2D eigenvalue weighted by Gasteiger charge is 2.47. The van der Waals surface area contributed by atoms with E-state index in [1.165, 1.54) is 0 Å². The molecule has 1 saturated heterocycles. The van der Waals surface area contributed by atoms with E-state index in [4.69, 9.17) is 4.52 Å². The molecule has 0 saturated carbocycles. The molecule has 1 aromatic heterocycles. The zero-order valence-electron chi connectivity index (χ0n) is 13.8. The summed E-state index contributed by atoms with van der Waals surface area (Å²) < 4.78 is 4.84. The van der Waals surface area contributed by atoms with Gasteiger partial charge in [-0.25, -0.2) is 4.79 Å². The number of hydrogen-bond donors (Lipinski definition) is 2. The first-order valence-electron chi connectivity index (χ1n) is 7.58. The largest absolute Gasteiger partial charge is 0.360 e. The number of amides is 4. The molecule has 1 aliphatic rings.